The number of para-hydroxylation sites is 2. The van der Waals surface area contributed by atoms with Crippen LogP contribution in [-0.2, 0) is 9.59 Å². The predicted octanol–water partition coefficient (Wildman–Crippen LogP) is 6.91. The van der Waals surface area contributed by atoms with Gasteiger partial charge in [-0.1, -0.05) is 70.5 Å². The molecule has 1 heterocycles. The summed E-state index contributed by atoms with van der Waals surface area (Å²) in [6.45, 7) is 0. The fraction of sp³-hybridized carbons (Fsp3) is 0.185. The molecule has 4 nitrogen and oxygen atoms in total. The molecule has 0 unspecified atom stereocenters. The van der Waals surface area contributed by atoms with Gasteiger partial charge >= 0.3 is 12.1 Å². The number of amides is 1. The zero-order chi connectivity index (χ0) is 24.7. The molecule has 1 amide bonds. The van der Waals surface area contributed by atoms with E-state index in [1.807, 2.05) is 30.3 Å². The van der Waals surface area contributed by atoms with Crippen LogP contribution in [0.25, 0.3) is 0 Å². The van der Waals surface area contributed by atoms with E-state index >= 15 is 0 Å². The molecule has 3 aromatic carbocycles. The van der Waals surface area contributed by atoms with Gasteiger partial charge in [0.2, 0.25) is 0 Å². The summed E-state index contributed by atoms with van der Waals surface area (Å²) in [5.74, 6) is -2.44. The third-order valence-electron chi connectivity index (χ3n) is 6.39. The van der Waals surface area contributed by atoms with Gasteiger partial charge in [0.25, 0.3) is 0 Å². The second kappa shape index (κ2) is 9.00. The Balaban J connectivity index is 1.75. The molecule has 35 heavy (non-hydrogen) atoms. The van der Waals surface area contributed by atoms with E-state index < -0.39 is 18.1 Å². The summed E-state index contributed by atoms with van der Waals surface area (Å²) in [6.07, 6.45) is -4.57. The third kappa shape index (κ3) is 4.38. The minimum absolute atomic E-state index is 0.0678. The van der Waals surface area contributed by atoms with Crippen molar-refractivity contribution in [2.75, 3.05) is 10.2 Å². The molecule has 8 heteroatoms. The number of allylic oxidation sites excluding steroid dienone is 1. The molecule has 2 aliphatic rings. The second-order valence-corrected chi connectivity index (χ2v) is 9.52. The first-order chi connectivity index (χ1) is 16.7. The van der Waals surface area contributed by atoms with E-state index in [0.717, 1.165) is 5.56 Å². The lowest BCUT2D eigenvalue weighted by Gasteiger charge is -2.35. The van der Waals surface area contributed by atoms with E-state index in [4.69, 9.17) is 0 Å². The van der Waals surface area contributed by atoms with Crippen LogP contribution in [-0.4, -0.2) is 17.9 Å². The maximum absolute atomic E-state index is 13.9. The highest BCUT2D eigenvalue weighted by Gasteiger charge is 2.49. The van der Waals surface area contributed by atoms with Gasteiger partial charge in [-0.2, -0.15) is 13.2 Å². The van der Waals surface area contributed by atoms with Gasteiger partial charge in [0.15, 0.2) is 5.78 Å². The normalized spacial score (nSPS) is 20.0. The van der Waals surface area contributed by atoms with Crippen molar-refractivity contribution in [2.24, 2.45) is 0 Å². The van der Waals surface area contributed by atoms with Crippen molar-refractivity contribution in [3.63, 3.8) is 0 Å². The fourth-order valence-corrected chi connectivity index (χ4v) is 5.32. The zero-order valence-corrected chi connectivity index (χ0v) is 19.9. The minimum atomic E-state index is -5.13. The number of halogens is 4. The van der Waals surface area contributed by atoms with Gasteiger partial charge in [-0.3, -0.25) is 14.5 Å². The monoisotopic (exact) mass is 540 g/mol. The van der Waals surface area contributed by atoms with Crippen LogP contribution in [0.5, 0.6) is 0 Å². The summed E-state index contributed by atoms with van der Waals surface area (Å²) >= 11 is 3.38. The van der Waals surface area contributed by atoms with Gasteiger partial charge in [-0.25, -0.2) is 0 Å². The fourth-order valence-electron chi connectivity index (χ4n) is 4.90. The molecule has 0 bridgehead atoms. The van der Waals surface area contributed by atoms with E-state index in [0.29, 0.717) is 32.7 Å². The van der Waals surface area contributed by atoms with Crippen LogP contribution >= 0.6 is 15.9 Å². The zero-order valence-electron chi connectivity index (χ0n) is 18.4. The summed E-state index contributed by atoms with van der Waals surface area (Å²) in [4.78, 5) is 27.3. The van der Waals surface area contributed by atoms with E-state index in [9.17, 15) is 22.8 Å². The van der Waals surface area contributed by atoms with Gasteiger partial charge < -0.3 is 5.32 Å². The molecule has 0 saturated carbocycles. The topological polar surface area (TPSA) is 49.4 Å². The number of carbonyl (C=O) groups excluding carboxylic acids is 2. The van der Waals surface area contributed by atoms with Crippen molar-refractivity contribution in [3.8, 4) is 0 Å². The SMILES string of the molecule is O=C1C[C@H](c2ccccc2)CC2=C1[C@H](c1cccc(Br)c1)N(C(=O)C(F)(F)F)c1ccccc1N2. The smallest absolute Gasteiger partial charge is 0.357 e. The molecule has 0 fully saturated rings. The lowest BCUT2D eigenvalue weighted by molar-refractivity contribution is -0.170. The Labute approximate surface area is 208 Å². The van der Waals surface area contributed by atoms with Gasteiger partial charge in [0.1, 0.15) is 0 Å². The average Bonchev–Trinajstić information content (AvgIpc) is 2.98. The minimum Gasteiger partial charge on any atom is -0.357 e. The molecule has 1 aliphatic carbocycles. The van der Waals surface area contributed by atoms with Crippen molar-refractivity contribution in [1.29, 1.82) is 0 Å². The largest absolute Gasteiger partial charge is 0.471 e. The van der Waals surface area contributed by atoms with Crippen molar-refractivity contribution < 1.29 is 22.8 Å². The van der Waals surface area contributed by atoms with Crippen LogP contribution in [0, 0.1) is 0 Å². The average molecular weight is 541 g/mol. The van der Waals surface area contributed by atoms with Crippen molar-refractivity contribution in [3.05, 3.63) is 106 Å². The molecule has 1 N–H and O–H groups in total. The Morgan fingerprint density at radius 1 is 0.914 bits per heavy atom. The highest BCUT2D eigenvalue weighted by molar-refractivity contribution is 9.10. The van der Waals surface area contributed by atoms with Crippen molar-refractivity contribution in [2.45, 2.75) is 31.0 Å². The molecule has 2 atom stereocenters. The molecule has 0 saturated heterocycles. The van der Waals surface area contributed by atoms with E-state index in [-0.39, 0.29) is 29.4 Å². The lowest BCUT2D eigenvalue weighted by Crippen LogP contribution is -2.45. The number of benzene rings is 3. The summed E-state index contributed by atoms with van der Waals surface area (Å²) in [7, 11) is 0. The summed E-state index contributed by atoms with van der Waals surface area (Å²) in [6, 6.07) is 21.4. The Hall–Kier alpha value is -3.39. The Kier molecular flexibility index (Phi) is 6.01. The molecule has 0 spiro atoms. The molecule has 1 aliphatic heterocycles. The molecule has 5 rings (SSSR count). The summed E-state index contributed by atoms with van der Waals surface area (Å²) in [5, 5.41) is 3.23. The molecule has 178 valence electrons. The van der Waals surface area contributed by atoms with Crippen LogP contribution in [0.3, 0.4) is 0 Å². The third-order valence-corrected chi connectivity index (χ3v) is 6.88. The predicted molar refractivity (Wildman–Crippen MR) is 131 cm³/mol. The number of carbonyl (C=O) groups is 2. The van der Waals surface area contributed by atoms with Crippen LogP contribution in [0.1, 0.15) is 35.9 Å². The first-order valence-corrected chi connectivity index (χ1v) is 11.9. The van der Waals surface area contributed by atoms with Crippen LogP contribution in [0.15, 0.2) is 94.6 Å². The van der Waals surface area contributed by atoms with Crippen molar-refractivity contribution >= 4 is 39.0 Å². The lowest BCUT2D eigenvalue weighted by atomic mass is 9.78. The van der Waals surface area contributed by atoms with E-state index in [1.165, 1.54) is 6.07 Å². The molecular weight excluding hydrogens is 521 g/mol. The number of Topliss-reactive ketones (excluding diaryl/α,β-unsaturated/α-hetero) is 1. The van der Waals surface area contributed by atoms with Crippen molar-refractivity contribution in [1.82, 2.24) is 0 Å². The summed E-state index contributed by atoms with van der Waals surface area (Å²) < 4.78 is 42.4. The highest BCUT2D eigenvalue weighted by Crippen LogP contribution is 2.48. The molecular formula is C27H20BrF3N2O2. The van der Waals surface area contributed by atoms with E-state index in [1.54, 1.807) is 42.5 Å². The van der Waals surface area contributed by atoms with Gasteiger partial charge in [0.05, 0.1) is 17.4 Å². The van der Waals surface area contributed by atoms with Gasteiger partial charge in [-0.05, 0) is 47.7 Å². The number of nitrogens with zero attached hydrogens (tertiary/aromatic N) is 1. The first kappa shape index (κ1) is 23.4. The molecule has 3 aromatic rings. The number of hydrogen-bond acceptors (Lipinski definition) is 3. The number of fused-ring (bicyclic) bond motifs is 1. The number of nitrogens with one attached hydrogen (secondary N) is 1. The van der Waals surface area contributed by atoms with Gasteiger partial charge in [0, 0.05) is 22.2 Å². The Morgan fingerprint density at radius 3 is 2.31 bits per heavy atom. The Bertz CT molecular complexity index is 1340. The number of hydrogen-bond donors (Lipinski definition) is 1. The number of ketones is 1. The second-order valence-electron chi connectivity index (χ2n) is 8.60. The van der Waals surface area contributed by atoms with Crippen LogP contribution in [0.4, 0.5) is 24.5 Å². The van der Waals surface area contributed by atoms with E-state index in [2.05, 4.69) is 21.2 Å². The quantitative estimate of drug-likeness (QED) is 0.384. The maximum Gasteiger partial charge on any atom is 0.471 e. The first-order valence-electron chi connectivity index (χ1n) is 11.1. The Morgan fingerprint density at radius 2 is 1.60 bits per heavy atom. The molecule has 0 aromatic heterocycles. The van der Waals surface area contributed by atoms with Crippen LogP contribution < -0.4 is 10.2 Å². The number of alkyl halides is 3. The van der Waals surface area contributed by atoms with Gasteiger partial charge in [-0.15, -0.1) is 0 Å². The number of rotatable bonds is 2. The number of anilines is 2. The standard InChI is InChI=1S/C27H20BrF3N2O2/c28-19-10-6-9-17(13-19)25-24-21(14-18(15-23(24)34)16-7-2-1-3-8-16)32-20-11-4-5-12-22(20)33(25)26(35)27(29,30)31/h1-13,18,25,32H,14-15H2/t18-,25+/m1/s1. The highest BCUT2D eigenvalue weighted by atomic mass is 79.9. The van der Waals surface area contributed by atoms with Crippen LogP contribution in [0.2, 0.25) is 0 Å². The maximum atomic E-state index is 13.9. The summed E-state index contributed by atoms with van der Waals surface area (Å²) in [5.41, 5.74) is 2.52. The molecule has 0 radical (unpaired) electrons.